The lowest BCUT2D eigenvalue weighted by Gasteiger charge is -2.17. The molecule has 2 heterocycles. The van der Waals surface area contributed by atoms with Gasteiger partial charge in [-0.3, -0.25) is 14.2 Å². The fourth-order valence-electron chi connectivity index (χ4n) is 2.70. The van der Waals surface area contributed by atoms with Gasteiger partial charge in [0.05, 0.1) is 6.20 Å². The number of aromatic hydroxyl groups is 1. The van der Waals surface area contributed by atoms with Crippen molar-refractivity contribution in [3.05, 3.63) is 28.2 Å². The summed E-state index contributed by atoms with van der Waals surface area (Å²) in [6.07, 6.45) is 5.49. The van der Waals surface area contributed by atoms with Gasteiger partial charge in [-0.25, -0.2) is 0 Å². The quantitative estimate of drug-likeness (QED) is 0.878. The average molecular weight is 302 g/mol. The number of fused-ring (bicyclic) bond motifs is 1. The molecule has 7 nitrogen and oxygen atoms in total. The van der Waals surface area contributed by atoms with E-state index >= 15 is 0 Å². The van der Waals surface area contributed by atoms with Gasteiger partial charge in [0.25, 0.3) is 11.5 Å². The van der Waals surface area contributed by atoms with Gasteiger partial charge in [0.15, 0.2) is 5.56 Å². The van der Waals surface area contributed by atoms with E-state index in [0.29, 0.717) is 12.2 Å². The molecule has 1 amide bonds. The van der Waals surface area contributed by atoms with Crippen LogP contribution in [0.25, 0.3) is 5.65 Å². The maximum absolute atomic E-state index is 12.5. The van der Waals surface area contributed by atoms with Gasteiger partial charge < -0.3 is 10.4 Å². The van der Waals surface area contributed by atoms with Crippen molar-refractivity contribution in [2.24, 2.45) is 5.41 Å². The minimum atomic E-state index is -0.576. The van der Waals surface area contributed by atoms with Crippen molar-refractivity contribution < 1.29 is 9.90 Å². The van der Waals surface area contributed by atoms with Crippen LogP contribution in [0.5, 0.6) is 5.88 Å². The van der Waals surface area contributed by atoms with Gasteiger partial charge >= 0.3 is 0 Å². The molecule has 0 radical (unpaired) electrons. The maximum Gasteiger partial charge on any atom is 0.291 e. The normalized spacial score (nSPS) is 19.3. The van der Waals surface area contributed by atoms with E-state index < -0.39 is 11.5 Å². The maximum atomic E-state index is 12.5. The molecule has 0 bridgehead atoms. The summed E-state index contributed by atoms with van der Waals surface area (Å²) in [6.45, 7) is 2.69. The summed E-state index contributed by atoms with van der Waals surface area (Å²) in [5.41, 5.74) is -0.166. The van der Waals surface area contributed by atoms with Gasteiger partial charge in [0, 0.05) is 18.7 Å². The van der Waals surface area contributed by atoms with Gasteiger partial charge in [-0.05, 0) is 31.1 Å². The lowest BCUT2D eigenvalue weighted by atomic mass is 10.1. The molecule has 2 fully saturated rings. The van der Waals surface area contributed by atoms with Crippen molar-refractivity contribution >= 4 is 11.6 Å². The molecular weight excluding hydrogens is 284 g/mol. The van der Waals surface area contributed by atoms with Gasteiger partial charge in [0.2, 0.25) is 5.88 Å². The summed E-state index contributed by atoms with van der Waals surface area (Å²) >= 11 is 0. The summed E-state index contributed by atoms with van der Waals surface area (Å²) in [6, 6.07) is 1.80. The summed E-state index contributed by atoms with van der Waals surface area (Å²) in [5, 5.41) is 17.3. The van der Waals surface area contributed by atoms with Crippen molar-refractivity contribution in [1.29, 1.82) is 0 Å². The lowest BCUT2D eigenvalue weighted by Crippen LogP contribution is -2.34. The first kappa shape index (κ1) is 13.4. The minimum absolute atomic E-state index is 0.113. The lowest BCUT2D eigenvalue weighted by molar-refractivity contribution is 0.0944. The van der Waals surface area contributed by atoms with Crippen LogP contribution in [0.4, 0.5) is 0 Å². The zero-order chi connectivity index (χ0) is 15.5. The third-order valence-corrected chi connectivity index (χ3v) is 4.57. The van der Waals surface area contributed by atoms with Gasteiger partial charge in [0.1, 0.15) is 5.65 Å². The molecule has 0 unspecified atom stereocenters. The van der Waals surface area contributed by atoms with E-state index in [1.165, 1.54) is 10.7 Å². The number of nitrogens with one attached hydrogen (secondary N) is 1. The molecule has 7 heteroatoms. The third-order valence-electron chi connectivity index (χ3n) is 4.57. The molecule has 0 spiro atoms. The van der Waals surface area contributed by atoms with Crippen molar-refractivity contribution in [1.82, 2.24) is 19.5 Å². The van der Waals surface area contributed by atoms with Crippen molar-refractivity contribution in [3.63, 3.8) is 0 Å². The molecule has 2 aromatic rings. The highest BCUT2D eigenvalue weighted by Crippen LogP contribution is 2.47. The molecule has 116 valence electrons. The smallest absolute Gasteiger partial charge is 0.291 e. The molecule has 0 saturated heterocycles. The number of aromatic nitrogens is 3. The highest BCUT2D eigenvalue weighted by molar-refractivity contribution is 5.96. The summed E-state index contributed by atoms with van der Waals surface area (Å²) in [7, 11) is 0. The zero-order valence-corrected chi connectivity index (χ0v) is 12.4. The second kappa shape index (κ2) is 4.34. The van der Waals surface area contributed by atoms with E-state index in [1.807, 2.05) is 0 Å². The Labute approximate surface area is 126 Å². The average Bonchev–Trinajstić information content (AvgIpc) is 3.36. The zero-order valence-electron chi connectivity index (χ0n) is 12.4. The van der Waals surface area contributed by atoms with Gasteiger partial charge in [-0.15, -0.1) is 0 Å². The fourth-order valence-corrected chi connectivity index (χ4v) is 2.70. The van der Waals surface area contributed by atoms with E-state index in [9.17, 15) is 14.7 Å². The summed E-state index contributed by atoms with van der Waals surface area (Å²) < 4.78 is 2.82. The fraction of sp³-hybridized carbons (Fsp3) is 0.533. The minimum Gasteiger partial charge on any atom is -0.494 e. The number of nitrogens with zero attached hydrogens (tertiary/aromatic N) is 3. The Kier molecular flexibility index (Phi) is 2.64. The molecule has 0 atom stereocenters. The van der Waals surface area contributed by atoms with E-state index in [1.54, 1.807) is 10.6 Å². The number of carbonyl (C=O) groups excluding carboxylic acids is 1. The van der Waals surface area contributed by atoms with Gasteiger partial charge in [-0.1, -0.05) is 6.92 Å². The first-order valence-electron chi connectivity index (χ1n) is 7.59. The summed E-state index contributed by atoms with van der Waals surface area (Å²) in [4.78, 5) is 24.8. The number of hydrogen-bond donors (Lipinski definition) is 2. The van der Waals surface area contributed by atoms with Crippen LogP contribution >= 0.6 is 0 Å². The Bertz CT molecular complexity index is 827. The highest BCUT2D eigenvalue weighted by atomic mass is 16.3. The van der Waals surface area contributed by atoms with Crippen LogP contribution in [0.2, 0.25) is 0 Å². The molecule has 0 aliphatic heterocycles. The molecule has 2 aliphatic carbocycles. The molecule has 2 N–H and O–H groups in total. The Morgan fingerprint density at radius 2 is 2.23 bits per heavy atom. The van der Waals surface area contributed by atoms with E-state index in [4.69, 9.17) is 0 Å². The standard InChI is InChI=1S/C15H18N4O3/c1-15(5-6-15)8-18-10-4-7-16-19(10)14(22)11(13(18)21)12(20)17-9-2-3-9/h4,7,9,21H,2-3,5-6,8H2,1H3,(H,17,20). The predicted octanol–water partition coefficient (Wildman–Crippen LogP) is 0.894. The van der Waals surface area contributed by atoms with Crippen LogP contribution < -0.4 is 10.9 Å². The van der Waals surface area contributed by atoms with E-state index in [0.717, 1.165) is 25.7 Å². The van der Waals surface area contributed by atoms with Crippen molar-refractivity contribution in [2.75, 3.05) is 0 Å². The van der Waals surface area contributed by atoms with Crippen LogP contribution in [0.15, 0.2) is 17.1 Å². The Morgan fingerprint density at radius 1 is 1.50 bits per heavy atom. The Hall–Kier alpha value is -2.31. The summed E-state index contributed by atoms with van der Waals surface area (Å²) in [5.74, 6) is -0.777. The van der Waals surface area contributed by atoms with Crippen LogP contribution in [0.3, 0.4) is 0 Å². The number of rotatable bonds is 4. The largest absolute Gasteiger partial charge is 0.494 e. The van der Waals surface area contributed by atoms with Crippen LogP contribution in [-0.2, 0) is 6.54 Å². The van der Waals surface area contributed by atoms with Crippen LogP contribution in [0, 0.1) is 5.41 Å². The molecular formula is C15H18N4O3. The second-order valence-electron chi connectivity index (χ2n) is 6.75. The Morgan fingerprint density at radius 3 is 2.86 bits per heavy atom. The van der Waals surface area contributed by atoms with Crippen molar-refractivity contribution in [2.45, 2.75) is 45.2 Å². The van der Waals surface area contributed by atoms with E-state index in [2.05, 4.69) is 17.3 Å². The molecule has 22 heavy (non-hydrogen) atoms. The molecule has 4 rings (SSSR count). The second-order valence-corrected chi connectivity index (χ2v) is 6.75. The van der Waals surface area contributed by atoms with Crippen LogP contribution in [0.1, 0.15) is 43.0 Å². The van der Waals surface area contributed by atoms with E-state index in [-0.39, 0.29) is 22.9 Å². The number of carbonyl (C=O) groups is 1. The van der Waals surface area contributed by atoms with Crippen molar-refractivity contribution in [3.8, 4) is 5.88 Å². The molecule has 0 aromatic carbocycles. The topological polar surface area (TPSA) is 88.6 Å². The number of hydrogen-bond acceptors (Lipinski definition) is 4. The van der Waals surface area contributed by atoms with Crippen LogP contribution in [-0.4, -0.2) is 31.2 Å². The molecule has 2 saturated carbocycles. The first-order valence-corrected chi connectivity index (χ1v) is 7.59. The van der Waals surface area contributed by atoms with Gasteiger partial charge in [-0.2, -0.15) is 9.61 Å². The SMILES string of the molecule is CC1(Cn2c(O)c(C(=O)NC3CC3)c(=O)n3nccc23)CC1. The highest BCUT2D eigenvalue weighted by Gasteiger charge is 2.39. The number of amides is 1. The first-order chi connectivity index (χ1) is 10.5. The third kappa shape index (κ3) is 2.08. The predicted molar refractivity (Wildman–Crippen MR) is 78.9 cm³/mol. The molecule has 2 aromatic heterocycles. The Balaban J connectivity index is 1.87. The molecule has 2 aliphatic rings. The monoisotopic (exact) mass is 302 g/mol.